The van der Waals surface area contributed by atoms with Crippen LogP contribution in [0.2, 0.25) is 0 Å². The standard InChI is InChI=1S/C25H29N3O3/c1-30-20-13-14-21(23(17-20)31-2)24-22(18-28(26-24)19-11-7-6-8-12-19)25(29)27-15-9-4-3-5-10-16-27/h6-8,11-14,17-18H,3-5,9-10,15-16H2,1-2H3. The van der Waals surface area contributed by atoms with Gasteiger partial charge in [0, 0.05) is 30.9 Å². The molecule has 1 saturated heterocycles. The summed E-state index contributed by atoms with van der Waals surface area (Å²) in [5, 5.41) is 4.82. The lowest BCUT2D eigenvalue weighted by Crippen LogP contribution is -2.33. The van der Waals surface area contributed by atoms with E-state index in [1.165, 1.54) is 19.3 Å². The molecule has 6 heteroatoms. The SMILES string of the molecule is COc1ccc(-c2nn(-c3ccccc3)cc2C(=O)N2CCCCCCC2)c(OC)c1. The van der Waals surface area contributed by atoms with E-state index in [1.807, 2.05) is 59.6 Å². The van der Waals surface area contributed by atoms with E-state index < -0.39 is 0 Å². The van der Waals surface area contributed by atoms with Gasteiger partial charge in [0.2, 0.25) is 0 Å². The third-order valence-corrected chi connectivity index (χ3v) is 5.77. The Kier molecular flexibility index (Phi) is 6.55. The molecule has 0 aliphatic carbocycles. The van der Waals surface area contributed by atoms with Crippen LogP contribution in [0.15, 0.2) is 54.7 Å². The summed E-state index contributed by atoms with van der Waals surface area (Å²) < 4.78 is 12.7. The van der Waals surface area contributed by atoms with Crippen LogP contribution in [0.1, 0.15) is 42.5 Å². The van der Waals surface area contributed by atoms with Crippen LogP contribution in [0.5, 0.6) is 11.5 Å². The van der Waals surface area contributed by atoms with E-state index in [1.54, 1.807) is 18.9 Å². The molecule has 2 heterocycles. The smallest absolute Gasteiger partial charge is 0.257 e. The summed E-state index contributed by atoms with van der Waals surface area (Å²) in [6.07, 6.45) is 7.52. The Morgan fingerprint density at radius 3 is 2.29 bits per heavy atom. The number of hydrogen-bond donors (Lipinski definition) is 0. The van der Waals surface area contributed by atoms with E-state index in [-0.39, 0.29) is 5.91 Å². The van der Waals surface area contributed by atoms with Gasteiger partial charge >= 0.3 is 0 Å². The second kappa shape index (κ2) is 9.69. The number of carbonyl (C=O) groups excluding carboxylic acids is 1. The lowest BCUT2D eigenvalue weighted by atomic mass is 10.0. The summed E-state index contributed by atoms with van der Waals surface area (Å²) in [7, 11) is 3.24. The molecule has 1 amide bonds. The number of ether oxygens (including phenoxy) is 2. The Hall–Kier alpha value is -3.28. The third-order valence-electron chi connectivity index (χ3n) is 5.77. The number of amides is 1. The van der Waals surface area contributed by atoms with Crippen molar-refractivity contribution in [1.82, 2.24) is 14.7 Å². The molecule has 0 spiro atoms. The summed E-state index contributed by atoms with van der Waals surface area (Å²) in [5.74, 6) is 1.34. The first kappa shape index (κ1) is 21.0. The third kappa shape index (κ3) is 4.58. The van der Waals surface area contributed by atoms with Gasteiger partial charge in [-0.05, 0) is 37.1 Å². The normalized spacial score (nSPS) is 14.6. The molecular weight excluding hydrogens is 390 g/mol. The van der Waals surface area contributed by atoms with Crippen LogP contribution in [-0.2, 0) is 0 Å². The molecule has 2 aromatic carbocycles. The monoisotopic (exact) mass is 419 g/mol. The fourth-order valence-corrected chi connectivity index (χ4v) is 4.06. The minimum atomic E-state index is 0.0250. The van der Waals surface area contributed by atoms with E-state index in [0.717, 1.165) is 37.2 Å². The first-order valence-electron chi connectivity index (χ1n) is 10.9. The first-order chi connectivity index (χ1) is 15.2. The molecule has 0 radical (unpaired) electrons. The van der Waals surface area contributed by atoms with Crippen molar-refractivity contribution in [1.29, 1.82) is 0 Å². The zero-order valence-electron chi connectivity index (χ0n) is 18.2. The molecule has 1 aromatic heterocycles. The summed E-state index contributed by atoms with van der Waals surface area (Å²) in [6.45, 7) is 1.57. The van der Waals surface area contributed by atoms with Crippen molar-refractivity contribution in [3.8, 4) is 28.4 Å². The summed E-state index contributed by atoms with van der Waals surface area (Å²) >= 11 is 0. The number of aromatic nitrogens is 2. The van der Waals surface area contributed by atoms with Crippen LogP contribution in [-0.4, -0.2) is 47.9 Å². The molecule has 1 fully saturated rings. The molecule has 0 N–H and O–H groups in total. The lowest BCUT2D eigenvalue weighted by Gasteiger charge is -2.24. The van der Waals surface area contributed by atoms with Crippen molar-refractivity contribution in [2.45, 2.75) is 32.1 Å². The Bertz CT molecular complexity index is 1020. The van der Waals surface area contributed by atoms with Crippen molar-refractivity contribution in [2.24, 2.45) is 0 Å². The van der Waals surface area contributed by atoms with Crippen LogP contribution in [0.25, 0.3) is 16.9 Å². The number of likely N-dealkylation sites (tertiary alicyclic amines) is 1. The maximum absolute atomic E-state index is 13.6. The number of carbonyl (C=O) groups is 1. The second-order valence-corrected chi connectivity index (χ2v) is 7.80. The average molecular weight is 420 g/mol. The zero-order valence-corrected chi connectivity index (χ0v) is 18.2. The van der Waals surface area contributed by atoms with E-state index in [9.17, 15) is 4.79 Å². The average Bonchev–Trinajstić information content (AvgIpc) is 3.24. The van der Waals surface area contributed by atoms with E-state index in [4.69, 9.17) is 14.6 Å². The van der Waals surface area contributed by atoms with Crippen molar-refractivity contribution < 1.29 is 14.3 Å². The fourth-order valence-electron chi connectivity index (χ4n) is 4.06. The quantitative estimate of drug-likeness (QED) is 0.586. The maximum Gasteiger partial charge on any atom is 0.257 e. The molecule has 1 aliphatic heterocycles. The number of hydrogen-bond acceptors (Lipinski definition) is 4. The van der Waals surface area contributed by atoms with Crippen molar-refractivity contribution in [2.75, 3.05) is 27.3 Å². The van der Waals surface area contributed by atoms with Gasteiger partial charge in [-0.25, -0.2) is 4.68 Å². The summed E-state index contributed by atoms with van der Waals surface area (Å²) in [6, 6.07) is 15.4. The number of nitrogens with zero attached hydrogens (tertiary/aromatic N) is 3. The Morgan fingerprint density at radius 1 is 0.903 bits per heavy atom. The summed E-state index contributed by atoms with van der Waals surface area (Å²) in [5.41, 5.74) is 2.89. The highest BCUT2D eigenvalue weighted by Gasteiger charge is 2.25. The van der Waals surface area contributed by atoms with Gasteiger partial charge < -0.3 is 14.4 Å². The number of para-hydroxylation sites is 1. The molecule has 1 aliphatic rings. The molecular formula is C25H29N3O3. The van der Waals surface area contributed by atoms with Gasteiger partial charge in [0.05, 0.1) is 25.5 Å². The van der Waals surface area contributed by atoms with Crippen molar-refractivity contribution in [3.05, 3.63) is 60.3 Å². The highest BCUT2D eigenvalue weighted by Crippen LogP contribution is 2.35. The molecule has 3 aromatic rings. The van der Waals surface area contributed by atoms with Crippen molar-refractivity contribution >= 4 is 5.91 Å². The molecule has 4 rings (SSSR count). The van der Waals surface area contributed by atoms with E-state index >= 15 is 0 Å². The predicted octanol–water partition coefficient (Wildman–Crippen LogP) is 4.96. The van der Waals surface area contributed by atoms with Crippen LogP contribution in [0, 0.1) is 0 Å². The largest absolute Gasteiger partial charge is 0.497 e. The van der Waals surface area contributed by atoms with Crippen LogP contribution < -0.4 is 9.47 Å². The number of rotatable bonds is 5. The predicted molar refractivity (Wildman–Crippen MR) is 121 cm³/mol. The van der Waals surface area contributed by atoms with Gasteiger partial charge in [-0.15, -0.1) is 0 Å². The van der Waals surface area contributed by atoms with Gasteiger partial charge in [0.1, 0.15) is 17.2 Å². The zero-order chi connectivity index (χ0) is 21.6. The topological polar surface area (TPSA) is 56.6 Å². The highest BCUT2D eigenvalue weighted by atomic mass is 16.5. The van der Waals surface area contributed by atoms with Gasteiger partial charge in [0.15, 0.2) is 0 Å². The lowest BCUT2D eigenvalue weighted by molar-refractivity contribution is 0.0743. The van der Waals surface area contributed by atoms with Crippen LogP contribution >= 0.6 is 0 Å². The second-order valence-electron chi connectivity index (χ2n) is 7.80. The summed E-state index contributed by atoms with van der Waals surface area (Å²) in [4.78, 5) is 15.6. The Morgan fingerprint density at radius 2 is 1.61 bits per heavy atom. The molecule has 31 heavy (non-hydrogen) atoms. The van der Waals surface area contributed by atoms with Crippen molar-refractivity contribution in [3.63, 3.8) is 0 Å². The van der Waals surface area contributed by atoms with Gasteiger partial charge in [-0.2, -0.15) is 5.10 Å². The van der Waals surface area contributed by atoms with Gasteiger partial charge in [0.25, 0.3) is 5.91 Å². The maximum atomic E-state index is 13.6. The van der Waals surface area contributed by atoms with E-state index in [2.05, 4.69) is 0 Å². The number of methoxy groups -OCH3 is 2. The minimum Gasteiger partial charge on any atom is -0.497 e. The Balaban J connectivity index is 1.80. The molecule has 0 unspecified atom stereocenters. The minimum absolute atomic E-state index is 0.0250. The van der Waals surface area contributed by atoms with Crippen LogP contribution in [0.3, 0.4) is 0 Å². The highest BCUT2D eigenvalue weighted by molar-refractivity contribution is 6.00. The van der Waals surface area contributed by atoms with Gasteiger partial charge in [-0.3, -0.25) is 4.79 Å². The van der Waals surface area contributed by atoms with Crippen LogP contribution in [0.4, 0.5) is 0 Å². The molecule has 6 nitrogen and oxygen atoms in total. The molecule has 162 valence electrons. The molecule has 0 bridgehead atoms. The molecule has 0 atom stereocenters. The van der Waals surface area contributed by atoms with Gasteiger partial charge in [-0.1, -0.05) is 37.5 Å². The van der Waals surface area contributed by atoms with E-state index in [0.29, 0.717) is 22.8 Å². The first-order valence-corrected chi connectivity index (χ1v) is 10.9. The Labute approximate surface area is 183 Å². The fraction of sp³-hybridized carbons (Fsp3) is 0.360. The number of benzene rings is 2. The molecule has 0 saturated carbocycles.